The normalized spacial score (nSPS) is 24.5. The minimum Gasteiger partial charge on any atom is -0.342 e. The largest absolute Gasteiger partial charge is 0.342 e. The number of nitrogens with one attached hydrogen (secondary N) is 1. The second-order valence-corrected chi connectivity index (χ2v) is 6.66. The molecule has 2 aliphatic rings. The summed E-state index contributed by atoms with van der Waals surface area (Å²) in [4.78, 5) is 26.5. The van der Waals surface area contributed by atoms with Crippen molar-refractivity contribution in [2.45, 2.75) is 25.7 Å². The molecule has 1 aromatic carbocycles. The van der Waals surface area contributed by atoms with E-state index in [1.165, 1.54) is 6.42 Å². The zero-order valence-electron chi connectivity index (χ0n) is 11.8. The van der Waals surface area contributed by atoms with Gasteiger partial charge in [0.05, 0.1) is 17.5 Å². The Morgan fingerprint density at radius 2 is 1.81 bits per heavy atom. The molecule has 1 aromatic rings. The first-order valence-electron chi connectivity index (χ1n) is 7.51. The van der Waals surface area contributed by atoms with Crippen LogP contribution in [0.3, 0.4) is 0 Å². The van der Waals surface area contributed by atoms with Gasteiger partial charge in [0, 0.05) is 17.6 Å². The Morgan fingerprint density at radius 3 is 2.52 bits per heavy atom. The number of benzene rings is 1. The van der Waals surface area contributed by atoms with Gasteiger partial charge in [0.25, 0.3) is 0 Å². The van der Waals surface area contributed by atoms with Crippen LogP contribution < -0.4 is 5.32 Å². The summed E-state index contributed by atoms with van der Waals surface area (Å²) in [6.45, 7) is 1.71. The lowest BCUT2D eigenvalue weighted by Crippen LogP contribution is -2.37. The molecule has 1 aliphatic carbocycles. The minimum atomic E-state index is -0.161. The van der Waals surface area contributed by atoms with Crippen LogP contribution >= 0.6 is 15.9 Å². The van der Waals surface area contributed by atoms with Crippen LogP contribution in [0.15, 0.2) is 28.7 Å². The fraction of sp³-hybridized carbons (Fsp3) is 0.500. The Labute approximate surface area is 133 Å². The van der Waals surface area contributed by atoms with Gasteiger partial charge in [0.15, 0.2) is 0 Å². The number of amides is 2. The molecule has 1 aliphatic heterocycles. The Bertz CT molecular complexity index is 555. The number of hydrogen-bond acceptors (Lipinski definition) is 2. The fourth-order valence-corrected chi connectivity index (χ4v) is 3.28. The van der Waals surface area contributed by atoms with Crippen molar-refractivity contribution >= 4 is 33.4 Å². The van der Waals surface area contributed by atoms with Crippen LogP contribution in [0, 0.1) is 11.8 Å². The minimum absolute atomic E-state index is 0.0442. The average Bonchev–Trinajstić information content (AvgIpc) is 3.30. The van der Waals surface area contributed by atoms with Gasteiger partial charge in [-0.2, -0.15) is 0 Å². The maximum absolute atomic E-state index is 12.3. The Balaban J connectivity index is 1.56. The molecule has 1 saturated heterocycles. The topological polar surface area (TPSA) is 49.4 Å². The lowest BCUT2D eigenvalue weighted by molar-refractivity contribution is -0.134. The number of para-hydroxylation sites is 1. The van der Waals surface area contributed by atoms with Gasteiger partial charge in [-0.05, 0) is 53.7 Å². The van der Waals surface area contributed by atoms with E-state index in [0.29, 0.717) is 6.42 Å². The van der Waals surface area contributed by atoms with Crippen molar-refractivity contribution < 1.29 is 9.59 Å². The molecule has 0 aromatic heterocycles. The third-order valence-corrected chi connectivity index (χ3v) is 4.94. The highest BCUT2D eigenvalue weighted by Gasteiger charge is 2.49. The monoisotopic (exact) mass is 350 g/mol. The molecule has 5 heteroatoms. The molecule has 21 heavy (non-hydrogen) atoms. The molecular formula is C16H19BrN2O2. The van der Waals surface area contributed by atoms with Crippen LogP contribution in [-0.2, 0) is 9.59 Å². The van der Waals surface area contributed by atoms with Gasteiger partial charge in [0.2, 0.25) is 11.8 Å². The first-order valence-corrected chi connectivity index (χ1v) is 8.30. The second-order valence-electron chi connectivity index (χ2n) is 5.80. The Kier molecular flexibility index (Phi) is 4.29. The van der Waals surface area contributed by atoms with Crippen LogP contribution in [0.25, 0.3) is 0 Å². The first-order chi connectivity index (χ1) is 10.2. The summed E-state index contributed by atoms with van der Waals surface area (Å²) in [7, 11) is 0. The highest BCUT2D eigenvalue weighted by atomic mass is 79.9. The van der Waals surface area contributed by atoms with Crippen molar-refractivity contribution in [3.05, 3.63) is 28.7 Å². The van der Waals surface area contributed by atoms with Crippen molar-refractivity contribution in [2.75, 3.05) is 18.4 Å². The lowest BCUT2D eigenvalue weighted by atomic mass is 10.1. The van der Waals surface area contributed by atoms with Crippen molar-refractivity contribution in [2.24, 2.45) is 11.8 Å². The third-order valence-electron chi connectivity index (χ3n) is 4.24. The van der Waals surface area contributed by atoms with E-state index >= 15 is 0 Å². The molecule has 2 amide bonds. The van der Waals surface area contributed by atoms with Crippen LogP contribution in [0.1, 0.15) is 25.7 Å². The quantitative estimate of drug-likeness (QED) is 0.910. The summed E-state index contributed by atoms with van der Waals surface area (Å²) in [5, 5.41) is 2.90. The summed E-state index contributed by atoms with van der Waals surface area (Å²) < 4.78 is 0.859. The van der Waals surface area contributed by atoms with Crippen molar-refractivity contribution in [3.8, 4) is 0 Å². The summed E-state index contributed by atoms with van der Waals surface area (Å²) in [5.74, 6) is -0.142. The maximum atomic E-state index is 12.3. The maximum Gasteiger partial charge on any atom is 0.228 e. The number of anilines is 1. The zero-order valence-corrected chi connectivity index (χ0v) is 13.4. The zero-order chi connectivity index (χ0) is 14.8. The number of nitrogens with zero attached hydrogens (tertiary/aromatic N) is 1. The van der Waals surface area contributed by atoms with Gasteiger partial charge in [-0.1, -0.05) is 12.1 Å². The smallest absolute Gasteiger partial charge is 0.228 e. The molecule has 1 saturated carbocycles. The van der Waals surface area contributed by atoms with E-state index < -0.39 is 0 Å². The van der Waals surface area contributed by atoms with E-state index in [2.05, 4.69) is 21.2 Å². The fourth-order valence-electron chi connectivity index (χ4n) is 2.89. The predicted octanol–water partition coefficient (Wildman–Crippen LogP) is 3.04. The lowest BCUT2D eigenvalue weighted by Gasteiger charge is -2.26. The van der Waals surface area contributed by atoms with Crippen molar-refractivity contribution in [3.63, 3.8) is 0 Å². The third kappa shape index (κ3) is 3.28. The molecular weight excluding hydrogens is 332 g/mol. The molecule has 2 atom stereocenters. The van der Waals surface area contributed by atoms with Crippen LogP contribution in [0.5, 0.6) is 0 Å². The van der Waals surface area contributed by atoms with Gasteiger partial charge < -0.3 is 10.2 Å². The summed E-state index contributed by atoms with van der Waals surface area (Å²) >= 11 is 3.41. The summed E-state index contributed by atoms with van der Waals surface area (Å²) in [6.07, 6.45) is 4.07. The predicted molar refractivity (Wildman–Crippen MR) is 84.8 cm³/mol. The molecule has 1 heterocycles. The highest BCUT2D eigenvalue weighted by Crippen LogP contribution is 2.41. The average molecular weight is 351 g/mol. The van der Waals surface area contributed by atoms with Gasteiger partial charge >= 0.3 is 0 Å². The van der Waals surface area contributed by atoms with Crippen LogP contribution in [0.4, 0.5) is 5.69 Å². The first kappa shape index (κ1) is 14.6. The van der Waals surface area contributed by atoms with E-state index in [0.717, 1.165) is 36.1 Å². The molecule has 1 N–H and O–H groups in total. The number of halogens is 1. The Morgan fingerprint density at radius 1 is 1.10 bits per heavy atom. The van der Waals surface area contributed by atoms with Gasteiger partial charge in [0.1, 0.15) is 0 Å². The van der Waals surface area contributed by atoms with E-state index in [1.54, 1.807) is 0 Å². The number of carbonyl (C=O) groups is 2. The highest BCUT2D eigenvalue weighted by molar-refractivity contribution is 9.10. The molecule has 112 valence electrons. The molecule has 2 fully saturated rings. The number of likely N-dealkylation sites (tertiary alicyclic amines) is 1. The second kappa shape index (κ2) is 6.18. The van der Waals surface area contributed by atoms with Gasteiger partial charge in [-0.3, -0.25) is 9.59 Å². The SMILES string of the molecule is O=C(Nc1ccccc1Br)C1CC1C(=O)N1CCCCC1. The van der Waals surface area contributed by atoms with E-state index in [9.17, 15) is 9.59 Å². The van der Waals surface area contributed by atoms with E-state index in [4.69, 9.17) is 0 Å². The molecule has 0 radical (unpaired) electrons. The number of carbonyl (C=O) groups excluding carboxylic acids is 2. The van der Waals surface area contributed by atoms with Crippen LogP contribution in [-0.4, -0.2) is 29.8 Å². The number of piperidine rings is 1. The molecule has 0 spiro atoms. The number of rotatable bonds is 3. The van der Waals surface area contributed by atoms with E-state index in [1.807, 2.05) is 29.2 Å². The van der Waals surface area contributed by atoms with E-state index in [-0.39, 0.29) is 23.7 Å². The van der Waals surface area contributed by atoms with Gasteiger partial charge in [-0.25, -0.2) is 0 Å². The van der Waals surface area contributed by atoms with Crippen molar-refractivity contribution in [1.29, 1.82) is 0 Å². The number of hydrogen-bond donors (Lipinski definition) is 1. The summed E-state index contributed by atoms with van der Waals surface area (Å²) in [5.41, 5.74) is 0.763. The Hall–Kier alpha value is -1.36. The van der Waals surface area contributed by atoms with Crippen molar-refractivity contribution in [1.82, 2.24) is 4.90 Å². The standard InChI is InChI=1S/C16H19BrN2O2/c17-13-6-2-3-7-14(13)18-15(20)11-10-12(11)16(21)19-8-4-1-5-9-19/h2-3,6-7,11-12H,1,4-5,8-10H2,(H,18,20). The van der Waals surface area contributed by atoms with Crippen LogP contribution in [0.2, 0.25) is 0 Å². The molecule has 2 unspecified atom stereocenters. The molecule has 0 bridgehead atoms. The van der Waals surface area contributed by atoms with Gasteiger partial charge in [-0.15, -0.1) is 0 Å². The molecule has 3 rings (SSSR count). The molecule has 4 nitrogen and oxygen atoms in total. The summed E-state index contributed by atoms with van der Waals surface area (Å²) in [6, 6.07) is 7.52.